The molecule has 0 aromatic carbocycles. The smallest absolute Gasteiger partial charge is 0.217 e. The molecule has 7 heteroatoms. The van der Waals surface area contributed by atoms with E-state index in [1.54, 1.807) is 7.11 Å². The van der Waals surface area contributed by atoms with Crippen molar-refractivity contribution in [2.45, 2.75) is 65.0 Å². The molecule has 3 heterocycles. The molecular weight excluding hydrogens is 380 g/mol. The average molecular weight is 415 g/mol. The normalized spacial score (nSPS) is 19.9. The van der Waals surface area contributed by atoms with Crippen molar-refractivity contribution in [3.8, 4) is 11.6 Å². The zero-order valence-corrected chi connectivity index (χ0v) is 19.0. The van der Waals surface area contributed by atoms with Gasteiger partial charge in [0.05, 0.1) is 24.6 Å². The molecule has 0 radical (unpaired) electrons. The molecule has 30 heavy (non-hydrogen) atoms. The third-order valence-electron chi connectivity index (χ3n) is 6.15. The van der Waals surface area contributed by atoms with Crippen LogP contribution in [0.5, 0.6) is 5.75 Å². The second-order valence-electron chi connectivity index (χ2n) is 9.56. The number of hydrogen-bond donors (Lipinski definition) is 1. The van der Waals surface area contributed by atoms with E-state index in [4.69, 9.17) is 14.5 Å². The molecule has 7 nitrogen and oxygen atoms in total. The van der Waals surface area contributed by atoms with Crippen molar-refractivity contribution in [3.05, 3.63) is 35.8 Å². The van der Waals surface area contributed by atoms with Crippen molar-refractivity contribution in [1.82, 2.24) is 14.5 Å². The summed E-state index contributed by atoms with van der Waals surface area (Å²) >= 11 is 0. The second-order valence-corrected chi connectivity index (χ2v) is 9.56. The van der Waals surface area contributed by atoms with E-state index >= 15 is 0 Å². The number of aryl methyl sites for hydroxylation is 2. The zero-order valence-electron chi connectivity index (χ0n) is 19.0. The monoisotopic (exact) mass is 414 g/mol. The van der Waals surface area contributed by atoms with Gasteiger partial charge in [0.15, 0.2) is 0 Å². The molecule has 1 atom stereocenters. The maximum absolute atomic E-state index is 10.7. The maximum atomic E-state index is 10.7. The number of methoxy groups -OCH3 is 1. The Balaban J connectivity index is 1.56. The van der Waals surface area contributed by atoms with Crippen LogP contribution in [0.3, 0.4) is 0 Å². The van der Waals surface area contributed by atoms with Gasteiger partial charge in [-0.3, -0.25) is 0 Å². The first kappa shape index (κ1) is 21.2. The van der Waals surface area contributed by atoms with Crippen molar-refractivity contribution < 1.29 is 14.6 Å². The summed E-state index contributed by atoms with van der Waals surface area (Å²) in [6.45, 7) is 12.4. The van der Waals surface area contributed by atoms with Crippen LogP contribution in [-0.4, -0.2) is 63.9 Å². The molecule has 4 rings (SSSR count). The Morgan fingerprint density at radius 3 is 2.37 bits per heavy atom. The number of rotatable bonds is 5. The number of hydrogen-bond acceptors (Lipinski definition) is 6. The highest BCUT2D eigenvalue weighted by molar-refractivity contribution is 5.60. The number of aliphatic hydroxyl groups is 1. The minimum absolute atomic E-state index is 0.0415. The van der Waals surface area contributed by atoms with Gasteiger partial charge in [-0.1, -0.05) is 0 Å². The molecule has 1 spiro atoms. The summed E-state index contributed by atoms with van der Waals surface area (Å²) in [7, 11) is 1.71. The number of aromatic nitrogens is 2. The lowest BCUT2D eigenvalue weighted by molar-refractivity contribution is -0.253. The third-order valence-corrected chi connectivity index (χ3v) is 6.15. The van der Waals surface area contributed by atoms with Crippen LogP contribution in [0.4, 0.5) is 5.69 Å². The summed E-state index contributed by atoms with van der Waals surface area (Å²) in [5, 5.41) is 10.7. The summed E-state index contributed by atoms with van der Waals surface area (Å²) in [6.07, 6.45) is 3.16. The lowest BCUT2D eigenvalue weighted by atomic mass is 10.1. The van der Waals surface area contributed by atoms with Crippen LogP contribution < -0.4 is 9.64 Å². The molecule has 2 aromatic heterocycles. The van der Waals surface area contributed by atoms with Gasteiger partial charge in [-0.2, -0.15) is 0 Å². The van der Waals surface area contributed by atoms with Gasteiger partial charge in [-0.15, -0.1) is 0 Å². The summed E-state index contributed by atoms with van der Waals surface area (Å²) in [5.74, 6) is 1.69. The molecule has 1 aliphatic heterocycles. The third kappa shape index (κ3) is 3.94. The van der Waals surface area contributed by atoms with Crippen molar-refractivity contribution in [1.29, 1.82) is 0 Å². The Labute approximate surface area is 179 Å². The van der Waals surface area contributed by atoms with Gasteiger partial charge < -0.3 is 24.0 Å². The van der Waals surface area contributed by atoms with Crippen LogP contribution in [-0.2, 0) is 4.74 Å². The Hall–Kier alpha value is -2.09. The molecule has 1 saturated carbocycles. The quantitative estimate of drug-likeness (QED) is 0.758. The van der Waals surface area contributed by atoms with Crippen LogP contribution in [0.25, 0.3) is 5.82 Å². The van der Waals surface area contributed by atoms with E-state index in [1.165, 1.54) is 0 Å². The van der Waals surface area contributed by atoms with Crippen LogP contribution in [0.1, 0.15) is 45.0 Å². The van der Waals surface area contributed by atoms with Crippen molar-refractivity contribution in [2.75, 3.05) is 31.6 Å². The second kappa shape index (κ2) is 7.55. The van der Waals surface area contributed by atoms with E-state index < -0.39 is 6.41 Å². The Morgan fingerprint density at radius 2 is 1.80 bits per heavy atom. The first-order valence-electron chi connectivity index (χ1n) is 10.7. The predicted molar refractivity (Wildman–Crippen MR) is 117 cm³/mol. The summed E-state index contributed by atoms with van der Waals surface area (Å²) in [5.41, 5.74) is 2.87. The summed E-state index contributed by atoms with van der Waals surface area (Å²) in [4.78, 5) is 9.20. The Bertz CT molecular complexity index is 894. The van der Waals surface area contributed by atoms with Gasteiger partial charge in [-0.25, -0.2) is 9.88 Å². The predicted octanol–water partition coefficient (Wildman–Crippen LogP) is 3.24. The summed E-state index contributed by atoms with van der Waals surface area (Å²) < 4.78 is 13.7. The van der Waals surface area contributed by atoms with Gasteiger partial charge in [-0.05, 0) is 59.6 Å². The fraction of sp³-hybridized carbons (Fsp3) is 0.609. The highest BCUT2D eigenvalue weighted by Gasteiger charge is 2.54. The molecule has 1 unspecified atom stereocenters. The molecule has 1 saturated heterocycles. The van der Waals surface area contributed by atoms with Crippen LogP contribution in [0.15, 0.2) is 24.4 Å². The van der Waals surface area contributed by atoms with Gasteiger partial charge >= 0.3 is 0 Å². The molecule has 0 bridgehead atoms. The van der Waals surface area contributed by atoms with Gasteiger partial charge in [0.2, 0.25) is 6.41 Å². The van der Waals surface area contributed by atoms with E-state index in [1.807, 2.05) is 33.0 Å². The molecular formula is C23H34N4O3. The van der Waals surface area contributed by atoms with Crippen LogP contribution in [0, 0.1) is 13.8 Å². The Kier molecular flexibility index (Phi) is 5.33. The van der Waals surface area contributed by atoms with E-state index in [0.717, 1.165) is 61.1 Å². The molecule has 164 valence electrons. The molecule has 1 aliphatic carbocycles. The number of aliphatic hydroxyl groups excluding tert-OH is 1. The topological polar surface area (TPSA) is 63.0 Å². The van der Waals surface area contributed by atoms with E-state index in [0.29, 0.717) is 0 Å². The number of pyridine rings is 1. The number of ether oxygens (including phenoxy) is 2. The van der Waals surface area contributed by atoms with Crippen LogP contribution >= 0.6 is 0 Å². The number of anilines is 1. The van der Waals surface area contributed by atoms with E-state index in [-0.39, 0.29) is 11.1 Å². The highest BCUT2D eigenvalue weighted by atomic mass is 16.6. The molecule has 1 N–H and O–H groups in total. The Morgan fingerprint density at radius 1 is 1.13 bits per heavy atom. The zero-order chi connectivity index (χ0) is 21.7. The highest BCUT2D eigenvalue weighted by Crippen LogP contribution is 2.47. The summed E-state index contributed by atoms with van der Waals surface area (Å²) in [6, 6.07) is 6.20. The van der Waals surface area contributed by atoms with Crippen molar-refractivity contribution in [2.24, 2.45) is 0 Å². The fourth-order valence-corrected chi connectivity index (χ4v) is 4.48. The standard InChI is InChI=1S/C23H34N4O3/c1-16-7-8-17(2)27(16)20-13-19(29-6)18(14-24-20)25-11-12-26(23(15-25)9-10-23)21(28)30-22(3,4)5/h7-8,13-14,21,28H,9-12,15H2,1-6H3. The van der Waals surface area contributed by atoms with Crippen LogP contribution in [0.2, 0.25) is 0 Å². The minimum atomic E-state index is -0.878. The van der Waals surface area contributed by atoms with Crippen molar-refractivity contribution >= 4 is 5.69 Å². The van der Waals surface area contributed by atoms with Gasteiger partial charge in [0.25, 0.3) is 0 Å². The SMILES string of the molecule is COc1cc(-n2c(C)ccc2C)ncc1N1CCN(C(O)OC(C)(C)C)C2(CC2)C1. The maximum Gasteiger partial charge on any atom is 0.217 e. The lowest BCUT2D eigenvalue weighted by Crippen LogP contribution is -2.60. The molecule has 2 aliphatic rings. The van der Waals surface area contributed by atoms with Gasteiger partial charge in [0.1, 0.15) is 11.6 Å². The average Bonchev–Trinajstić information content (AvgIpc) is 3.35. The largest absolute Gasteiger partial charge is 0.494 e. The van der Waals surface area contributed by atoms with Gasteiger partial charge in [0, 0.05) is 42.6 Å². The first-order valence-corrected chi connectivity index (χ1v) is 10.7. The minimum Gasteiger partial charge on any atom is -0.494 e. The molecule has 2 aromatic rings. The number of nitrogens with zero attached hydrogens (tertiary/aromatic N) is 4. The molecule has 2 fully saturated rings. The van der Waals surface area contributed by atoms with E-state index in [9.17, 15) is 5.11 Å². The lowest BCUT2D eigenvalue weighted by Gasteiger charge is -2.45. The van der Waals surface area contributed by atoms with E-state index in [2.05, 4.69) is 40.3 Å². The molecule has 0 amide bonds. The first-order chi connectivity index (χ1) is 14.1. The fourth-order valence-electron chi connectivity index (χ4n) is 4.48. The number of piperazine rings is 1. The van der Waals surface area contributed by atoms with Crippen molar-refractivity contribution in [3.63, 3.8) is 0 Å².